The molecule has 5 heteroatoms. The molecule has 26 heavy (non-hydrogen) atoms. The number of ether oxygens (including phenoxy) is 1. The fraction of sp³-hybridized carbons (Fsp3) is 0.524. The van der Waals surface area contributed by atoms with E-state index in [1.807, 2.05) is 45.0 Å². The number of carbonyl (C=O) groups is 2. The van der Waals surface area contributed by atoms with Gasteiger partial charge in [-0.15, -0.1) is 11.8 Å². The highest BCUT2D eigenvalue weighted by molar-refractivity contribution is 8.04. The summed E-state index contributed by atoms with van der Waals surface area (Å²) in [6, 6.07) is 7.80. The van der Waals surface area contributed by atoms with Crippen molar-refractivity contribution in [3.8, 4) is 0 Å². The van der Waals surface area contributed by atoms with E-state index >= 15 is 0 Å². The van der Waals surface area contributed by atoms with Gasteiger partial charge in [-0.3, -0.25) is 14.5 Å². The van der Waals surface area contributed by atoms with Crippen molar-refractivity contribution in [2.45, 2.75) is 52.2 Å². The Morgan fingerprint density at radius 1 is 1.04 bits per heavy atom. The average Bonchev–Trinajstić information content (AvgIpc) is 2.82. The molecule has 1 aromatic carbocycles. The number of thioether (sulfide) groups is 1. The molecule has 0 N–H and O–H groups in total. The van der Waals surface area contributed by atoms with Crippen LogP contribution in [0.2, 0.25) is 0 Å². The molecule has 0 aromatic heterocycles. The van der Waals surface area contributed by atoms with Crippen LogP contribution in [-0.2, 0) is 14.3 Å². The first-order valence-electron chi connectivity index (χ1n) is 9.37. The van der Waals surface area contributed by atoms with Crippen LogP contribution in [-0.4, -0.2) is 41.7 Å². The first-order valence-corrected chi connectivity index (χ1v) is 10.3. The third kappa shape index (κ3) is 5.21. The van der Waals surface area contributed by atoms with E-state index in [0.717, 1.165) is 30.6 Å². The van der Waals surface area contributed by atoms with Crippen molar-refractivity contribution in [3.63, 3.8) is 0 Å². The van der Waals surface area contributed by atoms with Gasteiger partial charge in [0.15, 0.2) is 0 Å². The molecule has 0 saturated heterocycles. The molecule has 1 aliphatic rings. The third-order valence-electron chi connectivity index (χ3n) is 4.13. The van der Waals surface area contributed by atoms with E-state index in [1.165, 1.54) is 16.7 Å². The highest BCUT2D eigenvalue weighted by Crippen LogP contribution is 2.37. The number of unbranched alkanes of at least 4 members (excludes halogenated alkanes) is 1. The van der Waals surface area contributed by atoms with E-state index in [4.69, 9.17) is 4.74 Å². The molecule has 2 amide bonds. The normalized spacial score (nSPS) is 14.9. The van der Waals surface area contributed by atoms with Crippen LogP contribution >= 0.6 is 11.8 Å². The van der Waals surface area contributed by atoms with Gasteiger partial charge in [-0.2, -0.15) is 0 Å². The minimum absolute atomic E-state index is 0.169. The lowest BCUT2D eigenvalue weighted by Gasteiger charge is -2.15. The lowest BCUT2D eigenvalue weighted by molar-refractivity contribution is -0.136. The zero-order valence-electron chi connectivity index (χ0n) is 16.2. The van der Waals surface area contributed by atoms with Crippen LogP contribution in [0.1, 0.15) is 51.2 Å². The van der Waals surface area contributed by atoms with E-state index in [1.54, 1.807) is 0 Å². The summed E-state index contributed by atoms with van der Waals surface area (Å²) in [7, 11) is 0. The Bertz CT molecular complexity index is 664. The standard InChI is InChI=1S/C21H29NO3S/c1-5-6-13-25-14-7-12-22-20(23)18(17-10-8-16(4)9-11-17)19(21(22)24)26-15(2)3/h8-11,15H,5-7,12-14H2,1-4H3. The van der Waals surface area contributed by atoms with Crippen molar-refractivity contribution in [2.24, 2.45) is 0 Å². The third-order valence-corrected chi connectivity index (χ3v) is 5.22. The van der Waals surface area contributed by atoms with Crippen molar-refractivity contribution < 1.29 is 14.3 Å². The number of benzene rings is 1. The van der Waals surface area contributed by atoms with Gasteiger partial charge >= 0.3 is 0 Å². The number of hydrogen-bond donors (Lipinski definition) is 0. The number of aryl methyl sites for hydroxylation is 1. The number of rotatable bonds is 10. The zero-order chi connectivity index (χ0) is 19.1. The number of amides is 2. The monoisotopic (exact) mass is 375 g/mol. The highest BCUT2D eigenvalue weighted by atomic mass is 32.2. The second-order valence-electron chi connectivity index (χ2n) is 6.82. The SMILES string of the molecule is CCCCOCCCN1C(=O)C(SC(C)C)=C(c2ccc(C)cc2)C1=O. The van der Waals surface area contributed by atoms with Crippen molar-refractivity contribution in [2.75, 3.05) is 19.8 Å². The van der Waals surface area contributed by atoms with Crippen LogP contribution in [0.5, 0.6) is 0 Å². The Balaban J connectivity index is 2.12. The van der Waals surface area contributed by atoms with Gasteiger partial charge in [0.25, 0.3) is 11.8 Å². The number of nitrogens with zero attached hydrogens (tertiary/aromatic N) is 1. The summed E-state index contributed by atoms with van der Waals surface area (Å²) in [6.45, 7) is 9.91. The molecule has 1 heterocycles. The molecule has 0 radical (unpaired) electrons. The predicted molar refractivity (Wildman–Crippen MR) is 108 cm³/mol. The molecule has 2 rings (SSSR count). The number of hydrogen-bond acceptors (Lipinski definition) is 4. The van der Waals surface area contributed by atoms with Crippen LogP contribution < -0.4 is 0 Å². The van der Waals surface area contributed by atoms with E-state index < -0.39 is 0 Å². The molecular weight excluding hydrogens is 346 g/mol. The lowest BCUT2D eigenvalue weighted by Crippen LogP contribution is -2.33. The Labute approximate surface area is 161 Å². The minimum Gasteiger partial charge on any atom is -0.381 e. The second kappa shape index (κ2) is 9.93. The van der Waals surface area contributed by atoms with E-state index in [9.17, 15) is 9.59 Å². The summed E-state index contributed by atoms with van der Waals surface area (Å²) in [5, 5.41) is 0.236. The van der Waals surface area contributed by atoms with Crippen LogP contribution in [0, 0.1) is 6.92 Å². The van der Waals surface area contributed by atoms with Gasteiger partial charge in [0.2, 0.25) is 0 Å². The predicted octanol–water partition coefficient (Wildman–Crippen LogP) is 4.42. The summed E-state index contributed by atoms with van der Waals surface area (Å²) in [4.78, 5) is 27.8. The van der Waals surface area contributed by atoms with Gasteiger partial charge in [-0.05, 0) is 25.3 Å². The fourth-order valence-electron chi connectivity index (χ4n) is 2.75. The first-order chi connectivity index (χ1) is 12.5. The van der Waals surface area contributed by atoms with Gasteiger partial charge in [0, 0.05) is 25.0 Å². The molecule has 0 atom stereocenters. The summed E-state index contributed by atoms with van der Waals surface area (Å²) in [6.07, 6.45) is 2.81. The van der Waals surface area contributed by atoms with E-state index in [0.29, 0.717) is 30.1 Å². The maximum absolute atomic E-state index is 13.0. The summed E-state index contributed by atoms with van der Waals surface area (Å²) in [5.74, 6) is -0.353. The molecule has 142 valence electrons. The molecule has 0 spiro atoms. The van der Waals surface area contributed by atoms with E-state index in [2.05, 4.69) is 6.92 Å². The maximum atomic E-state index is 13.0. The summed E-state index contributed by atoms with van der Waals surface area (Å²) in [5.41, 5.74) is 2.49. The number of imide groups is 1. The molecular formula is C21H29NO3S. The van der Waals surface area contributed by atoms with Gasteiger partial charge in [-0.25, -0.2) is 0 Å². The quantitative estimate of drug-likeness (QED) is 0.448. The Morgan fingerprint density at radius 3 is 2.31 bits per heavy atom. The van der Waals surface area contributed by atoms with E-state index in [-0.39, 0.29) is 17.1 Å². The van der Waals surface area contributed by atoms with Crippen LogP contribution in [0.15, 0.2) is 29.2 Å². The largest absolute Gasteiger partial charge is 0.381 e. The molecule has 0 bridgehead atoms. The minimum atomic E-state index is -0.185. The average molecular weight is 376 g/mol. The topological polar surface area (TPSA) is 46.6 Å². The van der Waals surface area contributed by atoms with Crippen molar-refractivity contribution in [3.05, 3.63) is 40.3 Å². The zero-order valence-corrected chi connectivity index (χ0v) is 17.0. The van der Waals surface area contributed by atoms with Crippen molar-refractivity contribution in [1.82, 2.24) is 4.90 Å². The Kier molecular flexibility index (Phi) is 7.91. The summed E-state index contributed by atoms with van der Waals surface area (Å²) < 4.78 is 5.55. The Hall–Kier alpha value is -1.59. The summed E-state index contributed by atoms with van der Waals surface area (Å²) >= 11 is 1.47. The second-order valence-corrected chi connectivity index (χ2v) is 8.40. The molecule has 4 nitrogen and oxygen atoms in total. The van der Waals surface area contributed by atoms with Crippen molar-refractivity contribution in [1.29, 1.82) is 0 Å². The molecule has 0 aliphatic carbocycles. The smallest absolute Gasteiger partial charge is 0.267 e. The van der Waals surface area contributed by atoms with Crippen LogP contribution in [0.4, 0.5) is 0 Å². The van der Waals surface area contributed by atoms with Crippen LogP contribution in [0.3, 0.4) is 0 Å². The fourth-order valence-corrected chi connectivity index (χ4v) is 3.76. The van der Waals surface area contributed by atoms with Gasteiger partial charge in [0.05, 0.1) is 10.5 Å². The first kappa shape index (κ1) is 20.7. The molecule has 1 aromatic rings. The Morgan fingerprint density at radius 2 is 1.69 bits per heavy atom. The maximum Gasteiger partial charge on any atom is 0.267 e. The molecule has 0 fully saturated rings. The van der Waals surface area contributed by atoms with Crippen molar-refractivity contribution >= 4 is 29.1 Å². The van der Waals surface area contributed by atoms with Crippen LogP contribution in [0.25, 0.3) is 5.57 Å². The lowest BCUT2D eigenvalue weighted by atomic mass is 10.0. The highest BCUT2D eigenvalue weighted by Gasteiger charge is 2.39. The van der Waals surface area contributed by atoms with Gasteiger partial charge in [0.1, 0.15) is 0 Å². The molecule has 1 aliphatic heterocycles. The van der Waals surface area contributed by atoms with Gasteiger partial charge in [-0.1, -0.05) is 57.0 Å². The number of carbonyl (C=O) groups excluding carboxylic acids is 2. The van der Waals surface area contributed by atoms with Gasteiger partial charge < -0.3 is 4.74 Å². The molecule has 0 unspecified atom stereocenters. The molecule has 0 saturated carbocycles.